The van der Waals surface area contributed by atoms with E-state index in [-0.39, 0.29) is 0 Å². The molecule has 0 aliphatic heterocycles. The van der Waals surface area contributed by atoms with Gasteiger partial charge in [0.15, 0.2) is 17.5 Å². The van der Waals surface area contributed by atoms with Gasteiger partial charge in [0.05, 0.1) is 22.7 Å². The Bertz CT molecular complexity index is 2370. The van der Waals surface area contributed by atoms with Gasteiger partial charge in [-0.05, 0) is 65.7 Å². The van der Waals surface area contributed by atoms with Crippen LogP contribution in [0.4, 0.5) is 0 Å². The molecule has 216 valence electrons. The van der Waals surface area contributed by atoms with E-state index in [0.29, 0.717) is 23.0 Å². The first kappa shape index (κ1) is 27.6. The van der Waals surface area contributed by atoms with Crippen LogP contribution in [0.5, 0.6) is 0 Å². The molecular weight excluding hydrogens is 630 g/mol. The third-order valence-electron chi connectivity index (χ3n) is 8.14. The zero-order chi connectivity index (χ0) is 31.0. The molecule has 0 saturated carbocycles. The molecule has 0 aliphatic rings. The molecule has 6 heteroatoms. The van der Waals surface area contributed by atoms with E-state index >= 15 is 0 Å². The van der Waals surface area contributed by atoms with Crippen molar-refractivity contribution in [2.24, 2.45) is 0 Å². The highest BCUT2D eigenvalue weighted by Gasteiger charge is 2.17. The van der Waals surface area contributed by atoms with E-state index in [1.165, 1.54) is 10.8 Å². The lowest BCUT2D eigenvalue weighted by molar-refractivity contribution is 1.07. The highest BCUT2D eigenvalue weighted by atomic mass is 79.9. The fraction of sp³-hybridized carbons (Fsp3) is 0. The summed E-state index contributed by atoms with van der Waals surface area (Å²) < 4.78 is 3.20. The lowest BCUT2D eigenvalue weighted by atomic mass is 10.0. The molecule has 0 aliphatic carbocycles. The predicted octanol–water partition coefficient (Wildman–Crippen LogP) is 10.3. The number of rotatable bonds is 5. The smallest absolute Gasteiger partial charge is 0.164 e. The average molecular weight is 655 g/mol. The Morgan fingerprint density at radius 1 is 0.478 bits per heavy atom. The van der Waals surface area contributed by atoms with Crippen LogP contribution < -0.4 is 0 Å². The van der Waals surface area contributed by atoms with Crippen LogP contribution in [0, 0.1) is 11.3 Å². The van der Waals surface area contributed by atoms with Gasteiger partial charge in [-0.1, -0.05) is 107 Å². The summed E-state index contributed by atoms with van der Waals surface area (Å²) in [6.07, 6.45) is 0. The monoisotopic (exact) mass is 653 g/mol. The van der Waals surface area contributed by atoms with E-state index in [1.54, 1.807) is 12.1 Å². The van der Waals surface area contributed by atoms with Crippen molar-refractivity contribution in [3.05, 3.63) is 156 Å². The van der Waals surface area contributed by atoms with Crippen molar-refractivity contribution in [1.29, 1.82) is 5.26 Å². The van der Waals surface area contributed by atoms with Gasteiger partial charge < -0.3 is 4.57 Å². The Morgan fingerprint density at radius 3 is 1.54 bits per heavy atom. The van der Waals surface area contributed by atoms with Crippen LogP contribution in [-0.2, 0) is 0 Å². The summed E-state index contributed by atoms with van der Waals surface area (Å²) >= 11 is 3.78. The summed E-state index contributed by atoms with van der Waals surface area (Å²) in [6, 6.07) is 51.3. The Labute approximate surface area is 274 Å². The van der Waals surface area contributed by atoms with Crippen molar-refractivity contribution < 1.29 is 0 Å². The normalized spacial score (nSPS) is 11.1. The zero-order valence-corrected chi connectivity index (χ0v) is 26.1. The number of benzene rings is 6. The molecule has 8 rings (SSSR count). The molecule has 0 spiro atoms. The highest BCUT2D eigenvalue weighted by Crippen LogP contribution is 2.35. The minimum Gasteiger partial charge on any atom is -0.309 e. The van der Waals surface area contributed by atoms with Gasteiger partial charge in [-0.3, -0.25) is 0 Å². The third-order valence-corrected chi connectivity index (χ3v) is 8.59. The number of nitrogens with zero attached hydrogens (tertiary/aromatic N) is 5. The van der Waals surface area contributed by atoms with Crippen molar-refractivity contribution in [2.75, 3.05) is 0 Å². The number of fused-ring (bicyclic) bond motifs is 3. The molecule has 0 bridgehead atoms. The number of aromatic nitrogens is 4. The van der Waals surface area contributed by atoms with Gasteiger partial charge in [0.2, 0.25) is 0 Å². The minimum absolute atomic E-state index is 0.537. The molecule has 5 nitrogen and oxygen atoms in total. The zero-order valence-electron chi connectivity index (χ0n) is 24.5. The molecule has 8 aromatic rings. The molecule has 0 unspecified atom stereocenters. The van der Waals surface area contributed by atoms with Gasteiger partial charge >= 0.3 is 0 Å². The maximum absolute atomic E-state index is 9.35. The van der Waals surface area contributed by atoms with E-state index < -0.39 is 0 Å². The average Bonchev–Trinajstić information content (AvgIpc) is 3.46. The van der Waals surface area contributed by atoms with Gasteiger partial charge in [0, 0.05) is 37.6 Å². The Morgan fingerprint density at radius 2 is 0.957 bits per heavy atom. The minimum atomic E-state index is 0.537. The van der Waals surface area contributed by atoms with Crippen molar-refractivity contribution in [2.45, 2.75) is 0 Å². The van der Waals surface area contributed by atoms with Crippen LogP contribution in [0.3, 0.4) is 0 Å². The Hall–Kier alpha value is -5.90. The first-order chi connectivity index (χ1) is 22.6. The maximum atomic E-state index is 9.35. The molecule has 0 amide bonds. The molecule has 0 radical (unpaired) electrons. The van der Waals surface area contributed by atoms with Crippen molar-refractivity contribution in [1.82, 2.24) is 19.5 Å². The summed E-state index contributed by atoms with van der Waals surface area (Å²) in [5.41, 5.74) is 8.64. The van der Waals surface area contributed by atoms with E-state index in [0.717, 1.165) is 49.0 Å². The topological polar surface area (TPSA) is 67.4 Å². The van der Waals surface area contributed by atoms with Gasteiger partial charge in [0.25, 0.3) is 0 Å². The maximum Gasteiger partial charge on any atom is 0.164 e. The summed E-state index contributed by atoms with van der Waals surface area (Å²) in [4.78, 5) is 14.9. The number of halogens is 1. The van der Waals surface area contributed by atoms with E-state index in [1.807, 2.05) is 36.4 Å². The van der Waals surface area contributed by atoms with Gasteiger partial charge in [0.1, 0.15) is 0 Å². The predicted molar refractivity (Wildman–Crippen MR) is 188 cm³/mol. The molecule has 2 heterocycles. The van der Waals surface area contributed by atoms with Crippen LogP contribution in [0.2, 0.25) is 0 Å². The van der Waals surface area contributed by atoms with Crippen LogP contribution >= 0.6 is 15.9 Å². The fourth-order valence-corrected chi connectivity index (χ4v) is 6.41. The first-order valence-corrected chi connectivity index (χ1v) is 15.7. The van der Waals surface area contributed by atoms with Crippen molar-refractivity contribution in [3.8, 4) is 57.0 Å². The quantitative estimate of drug-likeness (QED) is 0.185. The SMILES string of the molecule is N#Cc1ccc(-c2nc(-c3ccc(-c4ccccc4)cc3)nc(-c3cc(Br)cc(-n4c5ccccc5c5ccccc54)c3)n2)cc1. The van der Waals surface area contributed by atoms with Crippen LogP contribution in [-0.4, -0.2) is 19.5 Å². The largest absolute Gasteiger partial charge is 0.309 e. The second-order valence-corrected chi connectivity index (χ2v) is 11.9. The Balaban J connectivity index is 1.30. The molecule has 2 aromatic heterocycles. The molecule has 0 N–H and O–H groups in total. The lowest BCUT2D eigenvalue weighted by Gasteiger charge is -2.13. The van der Waals surface area contributed by atoms with Crippen LogP contribution in [0.25, 0.3) is 72.8 Å². The summed E-state index contributed by atoms with van der Waals surface area (Å²) in [5, 5.41) is 11.8. The number of nitriles is 1. The number of hydrogen-bond donors (Lipinski definition) is 0. The van der Waals surface area contributed by atoms with E-state index in [9.17, 15) is 5.26 Å². The van der Waals surface area contributed by atoms with Gasteiger partial charge in [-0.15, -0.1) is 0 Å². The number of para-hydroxylation sites is 2. The molecular formula is C40H24BrN5. The third kappa shape index (κ3) is 5.03. The molecule has 6 aromatic carbocycles. The van der Waals surface area contributed by atoms with Gasteiger partial charge in [-0.25, -0.2) is 15.0 Å². The molecule has 0 fully saturated rings. The van der Waals surface area contributed by atoms with Crippen LogP contribution in [0.15, 0.2) is 150 Å². The van der Waals surface area contributed by atoms with Crippen molar-refractivity contribution >= 4 is 37.7 Å². The van der Waals surface area contributed by atoms with Crippen molar-refractivity contribution in [3.63, 3.8) is 0 Å². The highest BCUT2D eigenvalue weighted by molar-refractivity contribution is 9.10. The molecule has 0 atom stereocenters. The molecule has 0 saturated heterocycles. The first-order valence-electron chi connectivity index (χ1n) is 14.9. The van der Waals surface area contributed by atoms with Crippen LogP contribution in [0.1, 0.15) is 5.56 Å². The summed E-state index contributed by atoms with van der Waals surface area (Å²) in [7, 11) is 0. The standard InChI is InChI=1S/C40H24BrN5/c41-32-22-31(23-33(24-32)46-36-12-6-4-10-34(36)35-11-5-7-13-37(35)46)40-44-38(29-16-14-26(25-42)15-17-29)43-39(45-40)30-20-18-28(19-21-30)27-8-2-1-3-9-27/h1-24H. The second-order valence-electron chi connectivity index (χ2n) is 11.0. The lowest BCUT2D eigenvalue weighted by Crippen LogP contribution is -2.01. The summed E-state index contributed by atoms with van der Waals surface area (Å²) in [6.45, 7) is 0. The summed E-state index contributed by atoms with van der Waals surface area (Å²) in [5.74, 6) is 1.66. The second kappa shape index (κ2) is 11.6. The van der Waals surface area contributed by atoms with Gasteiger partial charge in [-0.2, -0.15) is 5.26 Å². The Kier molecular flexibility index (Phi) is 6.94. The van der Waals surface area contributed by atoms with E-state index in [4.69, 9.17) is 15.0 Å². The molecule has 46 heavy (non-hydrogen) atoms. The van der Waals surface area contributed by atoms with E-state index in [2.05, 4.69) is 124 Å². The fourth-order valence-electron chi connectivity index (χ4n) is 5.93. The number of hydrogen-bond acceptors (Lipinski definition) is 4.